The molecule has 1 aliphatic rings. The van der Waals surface area contributed by atoms with E-state index in [1.165, 1.54) is 0 Å². The topological polar surface area (TPSA) is 75.4 Å². The molecule has 0 aromatic carbocycles. The predicted octanol–water partition coefficient (Wildman–Crippen LogP) is 1.03. The Morgan fingerprint density at radius 1 is 1.47 bits per heavy atom. The molecule has 0 saturated heterocycles. The third kappa shape index (κ3) is 5.04. The van der Waals surface area contributed by atoms with Crippen LogP contribution in [0.25, 0.3) is 0 Å². The fraction of sp³-hybridized carbons (Fsp3) is 0.923. The highest BCUT2D eigenvalue weighted by Crippen LogP contribution is 2.30. The van der Waals surface area contributed by atoms with Crippen LogP contribution in [0, 0.1) is 11.8 Å². The van der Waals surface area contributed by atoms with Crippen molar-refractivity contribution in [1.82, 2.24) is 5.32 Å². The monoisotopic (exact) mass is 242 g/mol. The second-order valence-electron chi connectivity index (χ2n) is 5.79. The van der Waals surface area contributed by atoms with Crippen molar-refractivity contribution in [2.45, 2.75) is 51.6 Å². The van der Waals surface area contributed by atoms with Gasteiger partial charge in [-0.1, -0.05) is 13.8 Å². The van der Waals surface area contributed by atoms with E-state index in [1.54, 1.807) is 0 Å². The van der Waals surface area contributed by atoms with E-state index in [-0.39, 0.29) is 11.8 Å². The highest BCUT2D eigenvalue weighted by molar-refractivity contribution is 5.76. The number of amides is 1. The quantitative estimate of drug-likeness (QED) is 0.624. The van der Waals surface area contributed by atoms with Gasteiger partial charge in [0.25, 0.3) is 0 Å². The first-order valence-electron chi connectivity index (χ1n) is 6.64. The summed E-state index contributed by atoms with van der Waals surface area (Å²) in [5.41, 5.74) is 5.03. The highest BCUT2D eigenvalue weighted by Gasteiger charge is 2.34. The van der Waals surface area contributed by atoms with E-state index < -0.39 is 5.60 Å². The van der Waals surface area contributed by atoms with Crippen LogP contribution in [0.15, 0.2) is 0 Å². The minimum absolute atomic E-state index is 0.0152. The lowest BCUT2D eigenvalue weighted by molar-refractivity contribution is -0.124. The van der Waals surface area contributed by atoms with Crippen molar-refractivity contribution in [2.24, 2.45) is 17.6 Å². The average molecular weight is 242 g/mol. The summed E-state index contributed by atoms with van der Waals surface area (Å²) in [6.07, 6.45) is 4.13. The van der Waals surface area contributed by atoms with E-state index in [1.807, 2.05) is 0 Å². The number of aliphatic hydroxyl groups is 1. The molecule has 0 radical (unpaired) electrons. The van der Waals surface area contributed by atoms with Crippen molar-refractivity contribution in [3.8, 4) is 0 Å². The third-order valence-electron chi connectivity index (χ3n) is 3.51. The number of hydrogen-bond acceptors (Lipinski definition) is 3. The van der Waals surface area contributed by atoms with Crippen molar-refractivity contribution in [1.29, 1.82) is 0 Å². The molecule has 1 amide bonds. The van der Waals surface area contributed by atoms with Gasteiger partial charge in [0.2, 0.25) is 5.91 Å². The zero-order valence-corrected chi connectivity index (χ0v) is 11.0. The smallest absolute Gasteiger partial charge is 0.220 e. The number of rotatable bonds is 7. The van der Waals surface area contributed by atoms with E-state index in [2.05, 4.69) is 19.2 Å². The van der Waals surface area contributed by atoms with Crippen LogP contribution in [-0.4, -0.2) is 29.7 Å². The van der Waals surface area contributed by atoms with Gasteiger partial charge in [-0.05, 0) is 44.1 Å². The van der Waals surface area contributed by atoms with Gasteiger partial charge in [0.05, 0.1) is 5.60 Å². The Labute approximate surface area is 104 Å². The summed E-state index contributed by atoms with van der Waals surface area (Å²) in [6, 6.07) is 0. The summed E-state index contributed by atoms with van der Waals surface area (Å²) in [5, 5.41) is 12.7. The Morgan fingerprint density at radius 2 is 2.12 bits per heavy atom. The van der Waals surface area contributed by atoms with E-state index in [4.69, 9.17) is 5.73 Å². The summed E-state index contributed by atoms with van der Waals surface area (Å²) >= 11 is 0. The summed E-state index contributed by atoms with van der Waals surface area (Å²) in [6.45, 7) is 5.22. The fourth-order valence-electron chi connectivity index (χ4n) is 2.29. The molecule has 0 aromatic heterocycles. The maximum Gasteiger partial charge on any atom is 0.220 e. The highest BCUT2D eigenvalue weighted by atomic mass is 16.3. The molecule has 1 saturated carbocycles. The molecule has 4 N–H and O–H groups in total. The van der Waals surface area contributed by atoms with Gasteiger partial charge in [-0.15, -0.1) is 0 Å². The second-order valence-corrected chi connectivity index (χ2v) is 5.79. The zero-order chi connectivity index (χ0) is 12.9. The van der Waals surface area contributed by atoms with Crippen LogP contribution in [-0.2, 0) is 4.79 Å². The van der Waals surface area contributed by atoms with Crippen LogP contribution in [0.1, 0.15) is 46.0 Å². The zero-order valence-electron chi connectivity index (χ0n) is 11.0. The van der Waals surface area contributed by atoms with Crippen LogP contribution in [0.3, 0.4) is 0 Å². The third-order valence-corrected chi connectivity index (χ3v) is 3.51. The fourth-order valence-corrected chi connectivity index (χ4v) is 2.29. The molecule has 0 bridgehead atoms. The second kappa shape index (κ2) is 6.36. The van der Waals surface area contributed by atoms with Crippen LogP contribution >= 0.6 is 0 Å². The maximum absolute atomic E-state index is 11.7. The van der Waals surface area contributed by atoms with Gasteiger partial charge in [-0.3, -0.25) is 4.79 Å². The Morgan fingerprint density at radius 3 is 2.53 bits per heavy atom. The number of nitrogens with two attached hydrogens (primary N) is 1. The number of carbonyl (C=O) groups excluding carboxylic acids is 1. The van der Waals surface area contributed by atoms with Crippen molar-refractivity contribution < 1.29 is 9.90 Å². The first kappa shape index (κ1) is 14.5. The van der Waals surface area contributed by atoms with E-state index in [0.29, 0.717) is 25.4 Å². The molecule has 100 valence electrons. The molecule has 1 unspecified atom stereocenters. The molecule has 17 heavy (non-hydrogen) atoms. The summed E-state index contributed by atoms with van der Waals surface area (Å²) < 4.78 is 0. The van der Waals surface area contributed by atoms with Crippen LogP contribution in [0.4, 0.5) is 0 Å². The maximum atomic E-state index is 11.7. The van der Waals surface area contributed by atoms with Gasteiger partial charge in [0.15, 0.2) is 0 Å². The minimum Gasteiger partial charge on any atom is -0.388 e. The molecular formula is C13H26N2O2. The summed E-state index contributed by atoms with van der Waals surface area (Å²) in [4.78, 5) is 11.7. The molecule has 1 fully saturated rings. The molecule has 1 aliphatic carbocycles. The number of hydrogen-bond donors (Lipinski definition) is 3. The van der Waals surface area contributed by atoms with E-state index in [9.17, 15) is 9.90 Å². The molecule has 1 atom stereocenters. The normalized spacial score (nSPS) is 19.8. The Balaban J connectivity index is 2.22. The average Bonchev–Trinajstić information content (AvgIpc) is 2.22. The van der Waals surface area contributed by atoms with Gasteiger partial charge in [-0.25, -0.2) is 0 Å². The minimum atomic E-state index is -0.633. The van der Waals surface area contributed by atoms with E-state index >= 15 is 0 Å². The molecule has 0 aromatic rings. The molecule has 4 nitrogen and oxygen atoms in total. The predicted molar refractivity (Wildman–Crippen MR) is 68.4 cm³/mol. The van der Waals surface area contributed by atoms with Gasteiger partial charge < -0.3 is 16.2 Å². The Hall–Kier alpha value is -0.610. The van der Waals surface area contributed by atoms with Gasteiger partial charge in [-0.2, -0.15) is 0 Å². The number of nitrogens with one attached hydrogen (secondary N) is 1. The molecule has 0 spiro atoms. The number of carbonyl (C=O) groups is 1. The standard InChI is InChI=1S/C13H26N2O2/c1-10(2)6-11(8-14)7-12(16)15-9-13(17)4-3-5-13/h10-11,17H,3-9,14H2,1-2H3,(H,15,16). The van der Waals surface area contributed by atoms with Crippen LogP contribution < -0.4 is 11.1 Å². The van der Waals surface area contributed by atoms with Crippen molar-refractivity contribution in [2.75, 3.05) is 13.1 Å². The lowest BCUT2D eigenvalue weighted by Gasteiger charge is -2.36. The lowest BCUT2D eigenvalue weighted by Crippen LogP contribution is -2.48. The molecule has 1 rings (SSSR count). The van der Waals surface area contributed by atoms with Crippen LogP contribution in [0.2, 0.25) is 0 Å². The SMILES string of the molecule is CC(C)CC(CN)CC(=O)NCC1(O)CCC1. The Bertz CT molecular complexity index is 250. The molecular weight excluding hydrogens is 216 g/mol. The summed E-state index contributed by atoms with van der Waals surface area (Å²) in [5.74, 6) is 0.833. The summed E-state index contributed by atoms with van der Waals surface area (Å²) in [7, 11) is 0. The van der Waals surface area contributed by atoms with Crippen molar-refractivity contribution >= 4 is 5.91 Å². The van der Waals surface area contributed by atoms with Gasteiger partial charge >= 0.3 is 0 Å². The Kier molecular flexibility index (Phi) is 5.40. The van der Waals surface area contributed by atoms with E-state index in [0.717, 1.165) is 25.7 Å². The van der Waals surface area contributed by atoms with Crippen molar-refractivity contribution in [3.05, 3.63) is 0 Å². The molecule has 0 aliphatic heterocycles. The molecule has 4 heteroatoms. The van der Waals surface area contributed by atoms with Gasteiger partial charge in [0.1, 0.15) is 0 Å². The largest absolute Gasteiger partial charge is 0.388 e. The molecule has 0 heterocycles. The lowest BCUT2D eigenvalue weighted by atomic mass is 9.80. The first-order chi connectivity index (χ1) is 7.95. The van der Waals surface area contributed by atoms with Crippen molar-refractivity contribution in [3.63, 3.8) is 0 Å². The van der Waals surface area contributed by atoms with Crippen LogP contribution in [0.5, 0.6) is 0 Å². The first-order valence-corrected chi connectivity index (χ1v) is 6.64. The van der Waals surface area contributed by atoms with Gasteiger partial charge in [0, 0.05) is 13.0 Å².